The van der Waals surface area contributed by atoms with Crippen molar-refractivity contribution >= 4 is 0 Å². The average molecular weight is 306 g/mol. The van der Waals surface area contributed by atoms with Crippen LogP contribution in [0.25, 0.3) is 0 Å². The van der Waals surface area contributed by atoms with Crippen molar-refractivity contribution in [1.82, 2.24) is 9.80 Å². The summed E-state index contributed by atoms with van der Waals surface area (Å²) in [5.41, 5.74) is 0. The van der Waals surface area contributed by atoms with E-state index in [1.54, 1.807) is 0 Å². The summed E-state index contributed by atoms with van der Waals surface area (Å²) in [7, 11) is 6.31. The maximum atomic E-state index is 10.7. The molecule has 3 atom stereocenters. The first-order chi connectivity index (χ1) is 10.6. The number of aliphatic hydroxyl groups excluding tert-OH is 1. The van der Waals surface area contributed by atoms with E-state index in [-0.39, 0.29) is 12.1 Å². The summed E-state index contributed by atoms with van der Waals surface area (Å²) >= 11 is 0. The van der Waals surface area contributed by atoms with Crippen molar-refractivity contribution in [2.45, 2.75) is 43.9 Å². The molecule has 124 valence electrons. The highest BCUT2D eigenvalue weighted by atomic mass is 16.5. The first-order valence-corrected chi connectivity index (χ1v) is 8.32. The highest BCUT2D eigenvalue weighted by Gasteiger charge is 2.35. The number of hydrogen-bond acceptors (Lipinski definition) is 4. The van der Waals surface area contributed by atoms with Gasteiger partial charge in [-0.25, -0.2) is 0 Å². The Morgan fingerprint density at radius 3 is 2.50 bits per heavy atom. The number of nitrogens with zero attached hydrogens (tertiary/aromatic N) is 2. The third-order valence-corrected chi connectivity index (χ3v) is 4.48. The van der Waals surface area contributed by atoms with Crippen LogP contribution in [0, 0.1) is 0 Å². The van der Waals surface area contributed by atoms with E-state index in [0.29, 0.717) is 0 Å². The van der Waals surface area contributed by atoms with Crippen LogP contribution in [0.5, 0.6) is 5.75 Å². The second-order valence-corrected chi connectivity index (χ2v) is 6.60. The largest absolute Gasteiger partial charge is 0.488 e. The first kappa shape index (κ1) is 17.3. The molecule has 0 aromatic heterocycles. The number of benzene rings is 1. The van der Waals surface area contributed by atoms with Gasteiger partial charge in [-0.3, -0.25) is 0 Å². The van der Waals surface area contributed by atoms with Gasteiger partial charge < -0.3 is 19.6 Å². The number of ether oxygens (including phenoxy) is 1. The Kier molecular flexibility index (Phi) is 6.68. The zero-order chi connectivity index (χ0) is 15.9. The predicted octanol–water partition coefficient (Wildman–Crippen LogP) is 2.23. The summed E-state index contributed by atoms with van der Waals surface area (Å²) in [5.74, 6) is 0.850. The van der Waals surface area contributed by atoms with E-state index in [9.17, 15) is 5.11 Å². The molecule has 22 heavy (non-hydrogen) atoms. The van der Waals surface area contributed by atoms with Crippen molar-refractivity contribution in [2.75, 3.05) is 34.2 Å². The standard InChI is InChI=1S/C18H30N2O2/c1-19(2)13-8-14-20(3)16-11-7-12-17(18(16)21)22-15-9-5-4-6-10-15/h4-6,9-10,16-18,21H,7-8,11-14H2,1-3H3/t16-,17+,18+/m0/s1. The van der Waals surface area contributed by atoms with Crippen LogP contribution in [-0.2, 0) is 0 Å². The van der Waals surface area contributed by atoms with Crippen molar-refractivity contribution in [2.24, 2.45) is 0 Å². The second-order valence-electron chi connectivity index (χ2n) is 6.60. The SMILES string of the molecule is CN(C)CCCN(C)[C@H]1CCC[C@@H](Oc2ccccc2)[C@@H]1O. The molecule has 0 bridgehead atoms. The summed E-state index contributed by atoms with van der Waals surface area (Å²) in [4.78, 5) is 4.50. The smallest absolute Gasteiger partial charge is 0.126 e. The van der Waals surface area contributed by atoms with E-state index < -0.39 is 6.10 Å². The summed E-state index contributed by atoms with van der Waals surface area (Å²) in [6, 6.07) is 10.0. The van der Waals surface area contributed by atoms with Crippen LogP contribution >= 0.6 is 0 Å². The average Bonchev–Trinajstić information content (AvgIpc) is 2.50. The Hall–Kier alpha value is -1.10. The van der Waals surface area contributed by atoms with Crippen LogP contribution in [0.3, 0.4) is 0 Å². The molecular weight excluding hydrogens is 276 g/mol. The molecule has 0 amide bonds. The molecular formula is C18H30N2O2. The molecule has 1 aliphatic carbocycles. The van der Waals surface area contributed by atoms with Gasteiger partial charge in [0.2, 0.25) is 0 Å². The van der Waals surface area contributed by atoms with Gasteiger partial charge in [0, 0.05) is 6.04 Å². The molecule has 0 radical (unpaired) electrons. The monoisotopic (exact) mass is 306 g/mol. The van der Waals surface area contributed by atoms with Crippen LogP contribution in [0.4, 0.5) is 0 Å². The molecule has 1 N–H and O–H groups in total. The quantitative estimate of drug-likeness (QED) is 0.838. The van der Waals surface area contributed by atoms with E-state index in [2.05, 4.69) is 30.9 Å². The fourth-order valence-electron chi connectivity index (χ4n) is 3.20. The van der Waals surface area contributed by atoms with Crippen molar-refractivity contribution < 1.29 is 9.84 Å². The highest BCUT2D eigenvalue weighted by molar-refractivity contribution is 5.21. The van der Waals surface area contributed by atoms with Crippen LogP contribution in [0.2, 0.25) is 0 Å². The zero-order valence-corrected chi connectivity index (χ0v) is 14.1. The predicted molar refractivity (Wildman–Crippen MR) is 90.3 cm³/mol. The molecule has 1 fully saturated rings. The number of aliphatic hydroxyl groups is 1. The van der Waals surface area contributed by atoms with Crippen molar-refractivity contribution in [1.29, 1.82) is 0 Å². The van der Waals surface area contributed by atoms with Crippen molar-refractivity contribution in [3.05, 3.63) is 30.3 Å². The van der Waals surface area contributed by atoms with Crippen molar-refractivity contribution in [3.63, 3.8) is 0 Å². The molecule has 0 heterocycles. The van der Waals surface area contributed by atoms with Crippen LogP contribution in [-0.4, -0.2) is 67.4 Å². The van der Waals surface area contributed by atoms with Gasteiger partial charge in [0.15, 0.2) is 0 Å². The van der Waals surface area contributed by atoms with Gasteiger partial charge in [-0.1, -0.05) is 18.2 Å². The van der Waals surface area contributed by atoms with E-state index >= 15 is 0 Å². The van der Waals surface area contributed by atoms with E-state index in [1.165, 1.54) is 0 Å². The van der Waals surface area contributed by atoms with E-state index in [0.717, 1.165) is 44.5 Å². The molecule has 0 unspecified atom stereocenters. The lowest BCUT2D eigenvalue weighted by atomic mass is 9.89. The van der Waals surface area contributed by atoms with Gasteiger partial charge in [0.25, 0.3) is 0 Å². The minimum atomic E-state index is -0.418. The first-order valence-electron chi connectivity index (χ1n) is 8.32. The Balaban J connectivity index is 1.87. The lowest BCUT2D eigenvalue weighted by Gasteiger charge is -2.39. The molecule has 4 heteroatoms. The number of likely N-dealkylation sites (N-methyl/N-ethyl adjacent to an activating group) is 1. The third-order valence-electron chi connectivity index (χ3n) is 4.48. The number of para-hydroxylation sites is 1. The van der Waals surface area contributed by atoms with Gasteiger partial charge >= 0.3 is 0 Å². The molecule has 0 saturated heterocycles. The Morgan fingerprint density at radius 1 is 1.09 bits per heavy atom. The minimum absolute atomic E-state index is 0.0996. The Bertz CT molecular complexity index is 424. The molecule has 4 nitrogen and oxygen atoms in total. The molecule has 2 rings (SSSR count). The lowest BCUT2D eigenvalue weighted by Crippen LogP contribution is -2.52. The molecule has 0 aliphatic heterocycles. The third kappa shape index (κ3) is 4.97. The van der Waals surface area contributed by atoms with Gasteiger partial charge in [-0.05, 0) is 72.0 Å². The number of rotatable bonds is 7. The second kappa shape index (κ2) is 8.51. The normalized spacial score (nSPS) is 25.6. The topological polar surface area (TPSA) is 35.9 Å². The summed E-state index contributed by atoms with van der Waals surface area (Å²) in [6.07, 6.45) is 3.69. The zero-order valence-electron chi connectivity index (χ0n) is 14.1. The van der Waals surface area contributed by atoms with Gasteiger partial charge in [-0.2, -0.15) is 0 Å². The lowest BCUT2D eigenvalue weighted by molar-refractivity contribution is -0.0475. The number of hydrogen-bond donors (Lipinski definition) is 1. The fourth-order valence-corrected chi connectivity index (χ4v) is 3.20. The summed E-state index contributed by atoms with van der Waals surface area (Å²) in [6.45, 7) is 2.09. The van der Waals surface area contributed by atoms with Gasteiger partial charge in [-0.15, -0.1) is 0 Å². The molecule has 1 aliphatic rings. The molecule has 1 aromatic carbocycles. The van der Waals surface area contributed by atoms with Crippen LogP contribution < -0.4 is 4.74 Å². The summed E-state index contributed by atoms with van der Waals surface area (Å²) in [5, 5.41) is 10.7. The van der Waals surface area contributed by atoms with Gasteiger partial charge in [0.05, 0.1) is 0 Å². The molecule has 1 aromatic rings. The fraction of sp³-hybridized carbons (Fsp3) is 0.667. The molecule has 1 saturated carbocycles. The van der Waals surface area contributed by atoms with Crippen LogP contribution in [0.1, 0.15) is 25.7 Å². The Morgan fingerprint density at radius 2 is 1.82 bits per heavy atom. The van der Waals surface area contributed by atoms with E-state index in [4.69, 9.17) is 4.74 Å². The van der Waals surface area contributed by atoms with Gasteiger partial charge in [0.1, 0.15) is 18.0 Å². The maximum Gasteiger partial charge on any atom is 0.126 e. The van der Waals surface area contributed by atoms with E-state index in [1.807, 2.05) is 30.3 Å². The highest BCUT2D eigenvalue weighted by Crippen LogP contribution is 2.27. The maximum absolute atomic E-state index is 10.7. The van der Waals surface area contributed by atoms with Crippen molar-refractivity contribution in [3.8, 4) is 5.75 Å². The Labute approximate surface area is 134 Å². The molecule has 0 spiro atoms. The van der Waals surface area contributed by atoms with Crippen LogP contribution in [0.15, 0.2) is 30.3 Å². The minimum Gasteiger partial charge on any atom is -0.488 e. The summed E-state index contributed by atoms with van der Waals surface area (Å²) < 4.78 is 6.01.